The molecule has 0 atom stereocenters. The molecule has 0 heterocycles. The fraction of sp³-hybridized carbons (Fsp3) is 0.348. The Labute approximate surface area is 183 Å². The molecule has 0 saturated heterocycles. The summed E-state index contributed by atoms with van der Waals surface area (Å²) in [7, 11) is 3.89. The number of alkyl carbamates (subject to hydrolysis) is 1. The highest BCUT2D eigenvalue weighted by atomic mass is 16.6. The fourth-order valence-electron chi connectivity index (χ4n) is 2.57. The normalized spacial score (nSPS) is 10.7. The van der Waals surface area contributed by atoms with Crippen LogP contribution in [-0.2, 0) is 16.1 Å². The van der Waals surface area contributed by atoms with E-state index in [0.29, 0.717) is 17.8 Å². The van der Waals surface area contributed by atoms with Gasteiger partial charge in [0.1, 0.15) is 12.1 Å². The number of anilines is 2. The molecule has 8 heteroatoms. The van der Waals surface area contributed by atoms with Crippen LogP contribution in [0.5, 0.6) is 0 Å². The van der Waals surface area contributed by atoms with E-state index in [1.165, 1.54) is 0 Å². The molecule has 31 heavy (non-hydrogen) atoms. The summed E-state index contributed by atoms with van der Waals surface area (Å²) >= 11 is 0. The summed E-state index contributed by atoms with van der Waals surface area (Å²) in [6.45, 7) is 5.41. The SMILES string of the molecule is CN(C)c1ccc(C(=O)NCc2ccc(NC(=O)CNC(=O)OC(C)(C)C)cc2)cc1. The van der Waals surface area contributed by atoms with Gasteiger partial charge in [-0.1, -0.05) is 12.1 Å². The molecular formula is C23H30N4O4. The molecule has 8 nitrogen and oxygen atoms in total. The van der Waals surface area contributed by atoms with Crippen LogP contribution in [0, 0.1) is 0 Å². The quantitative estimate of drug-likeness (QED) is 0.632. The van der Waals surface area contributed by atoms with Crippen LogP contribution < -0.4 is 20.9 Å². The number of ether oxygens (including phenoxy) is 1. The van der Waals surface area contributed by atoms with E-state index >= 15 is 0 Å². The molecule has 3 N–H and O–H groups in total. The van der Waals surface area contributed by atoms with Crippen molar-refractivity contribution in [2.75, 3.05) is 30.9 Å². The number of amides is 3. The summed E-state index contributed by atoms with van der Waals surface area (Å²) < 4.78 is 5.08. The molecule has 0 aromatic heterocycles. The lowest BCUT2D eigenvalue weighted by atomic mass is 10.1. The molecule has 0 unspecified atom stereocenters. The van der Waals surface area contributed by atoms with Gasteiger partial charge in [-0.05, 0) is 62.7 Å². The molecule has 0 radical (unpaired) electrons. The van der Waals surface area contributed by atoms with Crippen molar-refractivity contribution < 1.29 is 19.1 Å². The molecule has 0 aliphatic heterocycles. The van der Waals surface area contributed by atoms with E-state index in [2.05, 4.69) is 16.0 Å². The first-order chi connectivity index (χ1) is 14.5. The van der Waals surface area contributed by atoms with Gasteiger partial charge in [-0.2, -0.15) is 0 Å². The van der Waals surface area contributed by atoms with Crippen molar-refractivity contribution in [2.45, 2.75) is 32.9 Å². The molecule has 0 spiro atoms. The van der Waals surface area contributed by atoms with Gasteiger partial charge >= 0.3 is 6.09 Å². The van der Waals surface area contributed by atoms with Crippen LogP contribution in [0.15, 0.2) is 48.5 Å². The Balaban J connectivity index is 1.79. The second kappa shape index (κ2) is 10.5. The van der Waals surface area contributed by atoms with Crippen molar-refractivity contribution in [3.63, 3.8) is 0 Å². The Hall–Kier alpha value is -3.55. The minimum absolute atomic E-state index is 0.157. The number of rotatable bonds is 7. The predicted molar refractivity (Wildman–Crippen MR) is 121 cm³/mol. The second-order valence-corrected chi connectivity index (χ2v) is 8.22. The number of nitrogens with one attached hydrogen (secondary N) is 3. The van der Waals surface area contributed by atoms with Crippen LogP contribution >= 0.6 is 0 Å². The van der Waals surface area contributed by atoms with Gasteiger partial charge in [-0.3, -0.25) is 9.59 Å². The van der Waals surface area contributed by atoms with Crippen LogP contribution in [0.2, 0.25) is 0 Å². The molecule has 0 aliphatic carbocycles. The number of hydrogen-bond donors (Lipinski definition) is 3. The summed E-state index contributed by atoms with van der Waals surface area (Å²) in [5.74, 6) is -0.524. The lowest BCUT2D eigenvalue weighted by molar-refractivity contribution is -0.115. The van der Waals surface area contributed by atoms with E-state index in [4.69, 9.17) is 4.74 Å². The summed E-state index contributed by atoms with van der Waals surface area (Å²) in [4.78, 5) is 37.8. The average Bonchev–Trinajstić information content (AvgIpc) is 2.70. The third-order valence-electron chi connectivity index (χ3n) is 4.13. The standard InChI is InChI=1S/C23H30N4O4/c1-23(2,3)31-22(30)25-15-20(28)26-18-10-6-16(7-11-18)14-24-21(29)17-8-12-19(13-9-17)27(4)5/h6-13H,14-15H2,1-5H3,(H,24,29)(H,25,30)(H,26,28). The first-order valence-electron chi connectivity index (χ1n) is 9.95. The third kappa shape index (κ3) is 8.38. The fourth-order valence-corrected chi connectivity index (χ4v) is 2.57. The van der Waals surface area contributed by atoms with Gasteiger partial charge in [-0.25, -0.2) is 4.79 Å². The van der Waals surface area contributed by atoms with Gasteiger partial charge in [0, 0.05) is 37.6 Å². The molecule has 0 fully saturated rings. The van der Waals surface area contributed by atoms with E-state index in [0.717, 1.165) is 11.3 Å². The van der Waals surface area contributed by atoms with Crippen molar-refractivity contribution in [2.24, 2.45) is 0 Å². The number of carbonyl (C=O) groups excluding carboxylic acids is 3. The van der Waals surface area contributed by atoms with Gasteiger partial charge in [-0.15, -0.1) is 0 Å². The zero-order valence-corrected chi connectivity index (χ0v) is 18.6. The predicted octanol–water partition coefficient (Wildman–Crippen LogP) is 3.15. The smallest absolute Gasteiger partial charge is 0.408 e. The van der Waals surface area contributed by atoms with Crippen molar-refractivity contribution in [1.29, 1.82) is 0 Å². The van der Waals surface area contributed by atoms with Gasteiger partial charge in [0.15, 0.2) is 0 Å². The minimum Gasteiger partial charge on any atom is -0.444 e. The molecule has 0 saturated carbocycles. The second-order valence-electron chi connectivity index (χ2n) is 8.22. The maximum absolute atomic E-state index is 12.3. The summed E-state index contributed by atoms with van der Waals surface area (Å²) in [6.07, 6.45) is -0.648. The lowest BCUT2D eigenvalue weighted by Crippen LogP contribution is -2.37. The van der Waals surface area contributed by atoms with Gasteiger partial charge in [0.25, 0.3) is 5.91 Å². The average molecular weight is 427 g/mol. The lowest BCUT2D eigenvalue weighted by Gasteiger charge is -2.19. The monoisotopic (exact) mass is 426 g/mol. The highest BCUT2D eigenvalue weighted by molar-refractivity contribution is 5.95. The number of nitrogens with zero attached hydrogens (tertiary/aromatic N) is 1. The van der Waals surface area contributed by atoms with Gasteiger partial charge in [0.05, 0.1) is 0 Å². The Bertz CT molecular complexity index is 901. The van der Waals surface area contributed by atoms with E-state index in [-0.39, 0.29) is 18.4 Å². The molecular weight excluding hydrogens is 396 g/mol. The number of carbonyl (C=O) groups is 3. The first-order valence-corrected chi connectivity index (χ1v) is 9.95. The molecule has 166 valence electrons. The van der Waals surface area contributed by atoms with Crippen molar-refractivity contribution in [3.8, 4) is 0 Å². The van der Waals surface area contributed by atoms with Gasteiger partial charge < -0.3 is 25.6 Å². The van der Waals surface area contributed by atoms with E-state index in [9.17, 15) is 14.4 Å². The molecule has 2 aromatic rings. The van der Waals surface area contributed by atoms with E-state index in [1.807, 2.05) is 43.3 Å². The van der Waals surface area contributed by atoms with Crippen LogP contribution in [-0.4, -0.2) is 44.1 Å². The highest BCUT2D eigenvalue weighted by Crippen LogP contribution is 2.13. The van der Waals surface area contributed by atoms with Crippen LogP contribution in [0.3, 0.4) is 0 Å². The zero-order valence-electron chi connectivity index (χ0n) is 18.6. The van der Waals surface area contributed by atoms with Crippen molar-refractivity contribution in [3.05, 3.63) is 59.7 Å². The third-order valence-corrected chi connectivity index (χ3v) is 4.13. The maximum atomic E-state index is 12.3. The zero-order chi connectivity index (χ0) is 23.0. The molecule has 2 rings (SSSR count). The summed E-state index contributed by atoms with van der Waals surface area (Å²) in [5, 5.41) is 7.97. The Kier molecular flexibility index (Phi) is 8.01. The summed E-state index contributed by atoms with van der Waals surface area (Å²) in [6, 6.07) is 14.5. The number of benzene rings is 2. The van der Waals surface area contributed by atoms with Gasteiger partial charge in [0.2, 0.25) is 5.91 Å². The molecule has 0 aliphatic rings. The van der Waals surface area contributed by atoms with Crippen LogP contribution in [0.4, 0.5) is 16.2 Å². The van der Waals surface area contributed by atoms with E-state index < -0.39 is 11.7 Å². The largest absolute Gasteiger partial charge is 0.444 e. The topological polar surface area (TPSA) is 99.8 Å². The highest BCUT2D eigenvalue weighted by Gasteiger charge is 2.16. The molecule has 2 aromatic carbocycles. The molecule has 0 bridgehead atoms. The van der Waals surface area contributed by atoms with Crippen molar-refractivity contribution in [1.82, 2.24) is 10.6 Å². The van der Waals surface area contributed by atoms with Crippen LogP contribution in [0.25, 0.3) is 0 Å². The number of hydrogen-bond acceptors (Lipinski definition) is 5. The van der Waals surface area contributed by atoms with Crippen LogP contribution in [0.1, 0.15) is 36.7 Å². The Morgan fingerprint density at radius 2 is 1.52 bits per heavy atom. The van der Waals surface area contributed by atoms with E-state index in [1.54, 1.807) is 45.0 Å². The summed E-state index contributed by atoms with van der Waals surface area (Å²) in [5.41, 5.74) is 2.47. The Morgan fingerprint density at radius 3 is 2.06 bits per heavy atom. The molecule has 3 amide bonds. The first kappa shape index (κ1) is 23.7. The minimum atomic E-state index is -0.648. The van der Waals surface area contributed by atoms with Crippen molar-refractivity contribution >= 4 is 29.3 Å². The maximum Gasteiger partial charge on any atom is 0.408 e. The Morgan fingerprint density at radius 1 is 0.903 bits per heavy atom.